The van der Waals surface area contributed by atoms with Crippen LogP contribution >= 0.6 is 11.8 Å². The summed E-state index contributed by atoms with van der Waals surface area (Å²) in [7, 11) is 0. The number of carbonyl (C=O) groups excluding carboxylic acids is 1. The van der Waals surface area contributed by atoms with Crippen LogP contribution in [0.3, 0.4) is 0 Å². The van der Waals surface area contributed by atoms with Crippen LogP contribution in [0.25, 0.3) is 0 Å². The first kappa shape index (κ1) is 14.1. The van der Waals surface area contributed by atoms with E-state index in [2.05, 4.69) is 0 Å². The third-order valence-corrected chi connectivity index (χ3v) is 3.30. The molecule has 0 saturated carbocycles. The minimum Gasteiger partial charge on any atom is -0.298 e. The maximum Gasteiger partial charge on any atom is 0.417 e. The van der Waals surface area contributed by atoms with Crippen LogP contribution in [-0.2, 0) is 6.18 Å². The molecule has 5 heteroatoms. The lowest BCUT2D eigenvalue weighted by atomic mass is 10.1. The van der Waals surface area contributed by atoms with E-state index >= 15 is 0 Å². The quantitative estimate of drug-likeness (QED) is 0.444. The first-order chi connectivity index (χ1) is 7.99. The summed E-state index contributed by atoms with van der Waals surface area (Å²) in [5, 5.41) is 0. The summed E-state index contributed by atoms with van der Waals surface area (Å²) in [4.78, 5) is 11.1. The van der Waals surface area contributed by atoms with Crippen LogP contribution in [0.4, 0.5) is 13.2 Å². The van der Waals surface area contributed by atoms with Gasteiger partial charge in [0.1, 0.15) is 0 Å². The zero-order valence-corrected chi connectivity index (χ0v) is 10.2. The molecule has 94 valence electrons. The summed E-state index contributed by atoms with van der Waals surface area (Å²) in [6.07, 6.45) is -2.27. The summed E-state index contributed by atoms with van der Waals surface area (Å²) < 4.78 is 37.9. The Balaban J connectivity index is 2.93. The molecule has 0 heterocycles. The molecule has 1 rings (SSSR count). The van der Waals surface area contributed by atoms with Crippen LogP contribution < -0.4 is 0 Å². The monoisotopic (exact) mass is 262 g/mol. The van der Waals surface area contributed by atoms with E-state index in [1.54, 1.807) is 6.07 Å². The molecule has 0 aliphatic rings. The fraction of sp³-hybridized carbons (Fsp3) is 0.417. The van der Waals surface area contributed by atoms with Crippen molar-refractivity contribution >= 4 is 18.0 Å². The van der Waals surface area contributed by atoms with Gasteiger partial charge in [-0.05, 0) is 30.4 Å². The number of alkyl halides is 3. The van der Waals surface area contributed by atoms with E-state index < -0.39 is 11.7 Å². The molecule has 0 unspecified atom stereocenters. The van der Waals surface area contributed by atoms with Crippen molar-refractivity contribution in [2.75, 3.05) is 5.75 Å². The van der Waals surface area contributed by atoms with E-state index in [0.29, 0.717) is 4.90 Å². The molecule has 0 radical (unpaired) electrons. The van der Waals surface area contributed by atoms with Crippen LogP contribution in [0.5, 0.6) is 0 Å². The maximum absolute atomic E-state index is 12.6. The highest BCUT2D eigenvalue weighted by atomic mass is 32.2. The van der Waals surface area contributed by atoms with Gasteiger partial charge in [-0.3, -0.25) is 4.79 Å². The average molecular weight is 262 g/mol. The Morgan fingerprint density at radius 1 is 1.35 bits per heavy atom. The zero-order chi connectivity index (χ0) is 12.9. The third kappa shape index (κ3) is 4.07. The molecule has 0 saturated heterocycles. The number of hydrogen-bond donors (Lipinski definition) is 0. The molecule has 0 aromatic heterocycles. The molecule has 0 amide bonds. The van der Waals surface area contributed by atoms with Gasteiger partial charge in [0.05, 0.1) is 5.56 Å². The summed E-state index contributed by atoms with van der Waals surface area (Å²) >= 11 is 1.38. The van der Waals surface area contributed by atoms with Gasteiger partial charge in [-0.15, -0.1) is 11.8 Å². The van der Waals surface area contributed by atoms with E-state index in [-0.39, 0.29) is 11.8 Å². The maximum atomic E-state index is 12.6. The van der Waals surface area contributed by atoms with Crippen molar-refractivity contribution in [1.82, 2.24) is 0 Å². The van der Waals surface area contributed by atoms with Gasteiger partial charge < -0.3 is 0 Å². The standard InChI is InChI=1S/C12H13F3OS/c1-2-3-6-17-10-5-4-9(8-16)11(7-10)12(13,14)15/h4-5,7-8H,2-3,6H2,1H3. The van der Waals surface area contributed by atoms with Crippen molar-refractivity contribution in [3.05, 3.63) is 29.3 Å². The van der Waals surface area contributed by atoms with E-state index in [0.717, 1.165) is 24.7 Å². The van der Waals surface area contributed by atoms with Gasteiger partial charge in [0, 0.05) is 10.5 Å². The Morgan fingerprint density at radius 3 is 2.59 bits per heavy atom. The van der Waals surface area contributed by atoms with Gasteiger partial charge in [-0.1, -0.05) is 13.3 Å². The molecule has 0 aliphatic carbocycles. The molecule has 0 fully saturated rings. The van der Waals surface area contributed by atoms with Crippen molar-refractivity contribution in [3.63, 3.8) is 0 Å². The molecule has 0 N–H and O–H groups in total. The van der Waals surface area contributed by atoms with E-state index in [9.17, 15) is 18.0 Å². The number of hydrogen-bond acceptors (Lipinski definition) is 2. The van der Waals surface area contributed by atoms with E-state index in [1.807, 2.05) is 6.92 Å². The highest BCUT2D eigenvalue weighted by Crippen LogP contribution is 2.34. The molecule has 0 atom stereocenters. The normalized spacial score (nSPS) is 11.5. The fourth-order valence-corrected chi connectivity index (χ4v) is 2.34. The van der Waals surface area contributed by atoms with Crippen molar-refractivity contribution in [1.29, 1.82) is 0 Å². The Morgan fingerprint density at radius 2 is 2.06 bits per heavy atom. The molecule has 1 aromatic carbocycles. The zero-order valence-electron chi connectivity index (χ0n) is 9.38. The Kier molecular flexibility index (Phi) is 5.05. The average Bonchev–Trinajstić information content (AvgIpc) is 2.28. The Hall–Kier alpha value is -0.970. The van der Waals surface area contributed by atoms with Crippen molar-refractivity contribution in [2.24, 2.45) is 0 Å². The topological polar surface area (TPSA) is 17.1 Å². The SMILES string of the molecule is CCCCSc1ccc(C=O)c(C(F)(F)F)c1. The number of aldehydes is 1. The molecular weight excluding hydrogens is 249 g/mol. The lowest BCUT2D eigenvalue weighted by Gasteiger charge is -2.11. The molecule has 1 aromatic rings. The molecule has 1 nitrogen and oxygen atoms in total. The lowest BCUT2D eigenvalue weighted by molar-refractivity contribution is -0.138. The van der Waals surface area contributed by atoms with Crippen LogP contribution in [0.1, 0.15) is 35.7 Å². The number of rotatable bonds is 5. The highest BCUT2D eigenvalue weighted by molar-refractivity contribution is 7.99. The molecule has 17 heavy (non-hydrogen) atoms. The number of benzene rings is 1. The number of halogens is 3. The van der Waals surface area contributed by atoms with Crippen LogP contribution in [-0.4, -0.2) is 12.0 Å². The van der Waals surface area contributed by atoms with Crippen molar-refractivity contribution in [3.8, 4) is 0 Å². The summed E-state index contributed by atoms with van der Waals surface area (Å²) in [5.74, 6) is 0.786. The Bertz CT molecular complexity index is 388. The molecule has 0 bridgehead atoms. The minimum absolute atomic E-state index is 0.239. The van der Waals surface area contributed by atoms with Gasteiger partial charge >= 0.3 is 6.18 Å². The Labute approximate surface area is 102 Å². The molecule has 0 spiro atoms. The largest absolute Gasteiger partial charge is 0.417 e. The number of unbranched alkanes of at least 4 members (excludes halogenated alkanes) is 1. The second kappa shape index (κ2) is 6.10. The molecule has 0 aliphatic heterocycles. The second-order valence-electron chi connectivity index (χ2n) is 3.57. The predicted octanol–water partition coefficient (Wildman–Crippen LogP) is 4.41. The molecular formula is C12H13F3OS. The first-order valence-corrected chi connectivity index (χ1v) is 6.26. The van der Waals surface area contributed by atoms with Gasteiger partial charge in [-0.25, -0.2) is 0 Å². The van der Waals surface area contributed by atoms with Crippen LogP contribution in [0, 0.1) is 0 Å². The smallest absolute Gasteiger partial charge is 0.298 e. The first-order valence-electron chi connectivity index (χ1n) is 5.28. The minimum atomic E-state index is -4.47. The van der Waals surface area contributed by atoms with Crippen molar-refractivity contribution in [2.45, 2.75) is 30.8 Å². The van der Waals surface area contributed by atoms with Gasteiger partial charge in [0.15, 0.2) is 6.29 Å². The van der Waals surface area contributed by atoms with E-state index in [4.69, 9.17) is 0 Å². The van der Waals surface area contributed by atoms with Crippen molar-refractivity contribution < 1.29 is 18.0 Å². The van der Waals surface area contributed by atoms with Crippen LogP contribution in [0.2, 0.25) is 0 Å². The summed E-state index contributed by atoms with van der Waals surface area (Å²) in [5.41, 5.74) is -1.16. The highest BCUT2D eigenvalue weighted by Gasteiger charge is 2.33. The van der Waals surface area contributed by atoms with Gasteiger partial charge in [-0.2, -0.15) is 13.2 Å². The van der Waals surface area contributed by atoms with Gasteiger partial charge in [0.25, 0.3) is 0 Å². The van der Waals surface area contributed by atoms with Gasteiger partial charge in [0.2, 0.25) is 0 Å². The van der Waals surface area contributed by atoms with E-state index in [1.165, 1.54) is 17.8 Å². The summed E-state index contributed by atoms with van der Waals surface area (Å²) in [6.45, 7) is 2.02. The second-order valence-corrected chi connectivity index (χ2v) is 4.74. The van der Waals surface area contributed by atoms with Crippen LogP contribution in [0.15, 0.2) is 23.1 Å². The lowest BCUT2D eigenvalue weighted by Crippen LogP contribution is -2.08. The fourth-order valence-electron chi connectivity index (χ4n) is 1.31. The number of carbonyl (C=O) groups is 1. The number of thioether (sulfide) groups is 1. The third-order valence-electron chi connectivity index (χ3n) is 2.22. The predicted molar refractivity (Wildman–Crippen MR) is 62.5 cm³/mol. The summed E-state index contributed by atoms with van der Waals surface area (Å²) in [6, 6.07) is 3.83.